The van der Waals surface area contributed by atoms with Crippen LogP contribution in [0.5, 0.6) is 0 Å². The molecule has 0 atom stereocenters. The highest BCUT2D eigenvalue weighted by molar-refractivity contribution is 9.10. The number of rotatable bonds is 7. The van der Waals surface area contributed by atoms with E-state index in [0.717, 1.165) is 60.3 Å². The van der Waals surface area contributed by atoms with Gasteiger partial charge < -0.3 is 4.90 Å². The number of hydrogen-bond donors (Lipinski definition) is 0. The van der Waals surface area contributed by atoms with Crippen LogP contribution in [0.2, 0.25) is 0 Å². The number of likely N-dealkylation sites (tertiary alicyclic amines) is 1. The van der Waals surface area contributed by atoms with Gasteiger partial charge in [-0.3, -0.25) is 4.57 Å². The van der Waals surface area contributed by atoms with Gasteiger partial charge >= 0.3 is 5.69 Å². The summed E-state index contributed by atoms with van der Waals surface area (Å²) < 4.78 is 17.9. The maximum Gasteiger partial charge on any atom is 0.346 e. The predicted octanol–water partition coefficient (Wildman–Crippen LogP) is 4.26. The van der Waals surface area contributed by atoms with E-state index in [2.05, 4.69) is 25.9 Å². The molecule has 4 rings (SSSR count). The average molecular weight is 487 g/mol. The second-order valence-corrected chi connectivity index (χ2v) is 9.20. The second-order valence-electron chi connectivity index (χ2n) is 8.35. The minimum absolute atomic E-state index is 0.0489. The highest BCUT2D eigenvalue weighted by atomic mass is 79.9. The molecule has 0 N–H and O–H groups in total. The van der Waals surface area contributed by atoms with Crippen LogP contribution in [0.4, 0.5) is 4.39 Å². The molecule has 1 aliphatic heterocycles. The molecule has 0 unspecified atom stereocenters. The fraction of sp³-hybridized carbons (Fsp3) is 0.417. The van der Waals surface area contributed by atoms with Gasteiger partial charge in [0.15, 0.2) is 0 Å². The van der Waals surface area contributed by atoms with Crippen molar-refractivity contribution in [2.75, 3.05) is 19.6 Å². The van der Waals surface area contributed by atoms with Crippen molar-refractivity contribution < 1.29 is 4.39 Å². The molecule has 2 aromatic carbocycles. The Labute approximate surface area is 190 Å². The third-order valence-electron chi connectivity index (χ3n) is 6.14. The maximum absolute atomic E-state index is 13.5. The number of piperidine rings is 1. The highest BCUT2D eigenvalue weighted by Gasteiger charge is 2.21. The molecule has 0 amide bonds. The smallest absolute Gasteiger partial charge is 0.301 e. The number of aromatic nitrogens is 3. The summed E-state index contributed by atoms with van der Waals surface area (Å²) in [5, 5.41) is 4.48. The monoisotopic (exact) mass is 486 g/mol. The fourth-order valence-electron chi connectivity index (χ4n) is 4.30. The Morgan fingerprint density at radius 1 is 1.10 bits per heavy atom. The van der Waals surface area contributed by atoms with Crippen molar-refractivity contribution in [3.8, 4) is 0 Å². The molecule has 7 heteroatoms. The van der Waals surface area contributed by atoms with Gasteiger partial charge in [0, 0.05) is 11.0 Å². The van der Waals surface area contributed by atoms with E-state index in [-0.39, 0.29) is 11.5 Å². The second kappa shape index (κ2) is 9.92. The van der Waals surface area contributed by atoms with Crippen molar-refractivity contribution in [3.05, 3.63) is 86.3 Å². The van der Waals surface area contributed by atoms with Gasteiger partial charge in [0.1, 0.15) is 11.6 Å². The van der Waals surface area contributed by atoms with Gasteiger partial charge in [-0.1, -0.05) is 46.3 Å². The molecule has 1 aliphatic rings. The van der Waals surface area contributed by atoms with Gasteiger partial charge in [-0.25, -0.2) is 13.9 Å². The molecule has 0 bridgehead atoms. The van der Waals surface area contributed by atoms with E-state index in [1.54, 1.807) is 21.4 Å². The third-order valence-corrected chi connectivity index (χ3v) is 6.92. The van der Waals surface area contributed by atoms with E-state index >= 15 is 0 Å². The lowest BCUT2D eigenvalue weighted by atomic mass is 9.90. The normalized spacial score (nSPS) is 15.5. The van der Waals surface area contributed by atoms with Crippen molar-refractivity contribution >= 4 is 15.9 Å². The molecule has 164 valence electrons. The molecule has 0 saturated carbocycles. The van der Waals surface area contributed by atoms with Crippen LogP contribution in [-0.4, -0.2) is 38.9 Å². The molecule has 3 aromatic rings. The summed E-state index contributed by atoms with van der Waals surface area (Å²) >= 11 is 3.54. The van der Waals surface area contributed by atoms with Gasteiger partial charge in [-0.05, 0) is 74.5 Å². The quantitative estimate of drug-likeness (QED) is 0.501. The zero-order valence-electron chi connectivity index (χ0n) is 17.8. The predicted molar refractivity (Wildman–Crippen MR) is 124 cm³/mol. The molecule has 2 heterocycles. The summed E-state index contributed by atoms with van der Waals surface area (Å²) in [5.41, 5.74) is 2.09. The molecular formula is C24H28BrFN4O. The van der Waals surface area contributed by atoms with Crippen molar-refractivity contribution in [1.29, 1.82) is 0 Å². The average Bonchev–Trinajstić information content (AvgIpc) is 3.04. The van der Waals surface area contributed by atoms with Gasteiger partial charge in [0.25, 0.3) is 0 Å². The van der Waals surface area contributed by atoms with Crippen LogP contribution in [-0.2, 0) is 19.5 Å². The minimum atomic E-state index is -0.178. The lowest BCUT2D eigenvalue weighted by Crippen LogP contribution is -2.38. The number of benzene rings is 2. The van der Waals surface area contributed by atoms with Crippen molar-refractivity contribution in [1.82, 2.24) is 19.2 Å². The first-order valence-corrected chi connectivity index (χ1v) is 11.6. The summed E-state index contributed by atoms with van der Waals surface area (Å²) in [7, 11) is 0. The van der Waals surface area contributed by atoms with E-state index in [9.17, 15) is 9.18 Å². The Morgan fingerprint density at radius 2 is 1.84 bits per heavy atom. The Morgan fingerprint density at radius 3 is 2.58 bits per heavy atom. The largest absolute Gasteiger partial charge is 0.346 e. The molecular weight excluding hydrogens is 459 g/mol. The van der Waals surface area contributed by atoms with Crippen molar-refractivity contribution in [2.24, 2.45) is 5.92 Å². The lowest BCUT2D eigenvalue weighted by Gasteiger charge is -2.32. The van der Waals surface area contributed by atoms with E-state index < -0.39 is 0 Å². The van der Waals surface area contributed by atoms with E-state index in [1.807, 2.05) is 37.3 Å². The molecule has 0 aliphatic carbocycles. The number of hydrogen-bond acceptors (Lipinski definition) is 3. The van der Waals surface area contributed by atoms with Crippen LogP contribution in [0.3, 0.4) is 0 Å². The summed E-state index contributed by atoms with van der Waals surface area (Å²) in [6.45, 7) is 5.84. The highest BCUT2D eigenvalue weighted by Crippen LogP contribution is 2.26. The molecule has 0 radical (unpaired) electrons. The zero-order chi connectivity index (χ0) is 21.8. The van der Waals surface area contributed by atoms with Crippen molar-refractivity contribution in [2.45, 2.75) is 39.3 Å². The van der Waals surface area contributed by atoms with E-state index in [1.165, 1.54) is 6.07 Å². The van der Waals surface area contributed by atoms with Crippen LogP contribution < -0.4 is 5.69 Å². The van der Waals surface area contributed by atoms with Crippen LogP contribution in [0.25, 0.3) is 0 Å². The summed E-state index contributed by atoms with van der Waals surface area (Å²) in [5.74, 6) is 1.13. The summed E-state index contributed by atoms with van der Waals surface area (Å²) in [6.07, 6.45) is 3.06. The molecule has 5 nitrogen and oxygen atoms in total. The first-order chi connectivity index (χ1) is 15.0. The Kier molecular flexibility index (Phi) is 7.02. The standard InChI is InChI=1S/C24H28BrFN4O/c1-18-27-30(24(31)29(18)17-20-5-3-2-4-6-20)14-13-28-11-9-19(10-12-28)15-21-16-22(26)7-8-23(21)25/h2-8,16,19H,9-15,17H2,1H3. The third kappa shape index (κ3) is 5.52. The Balaban J connectivity index is 1.29. The maximum atomic E-state index is 13.5. The Bertz CT molecular complexity index is 1070. The molecule has 31 heavy (non-hydrogen) atoms. The van der Waals surface area contributed by atoms with E-state index in [0.29, 0.717) is 19.0 Å². The number of aryl methyl sites for hydroxylation is 1. The lowest BCUT2D eigenvalue weighted by molar-refractivity contribution is 0.176. The summed E-state index contributed by atoms with van der Waals surface area (Å²) in [6, 6.07) is 14.9. The SMILES string of the molecule is Cc1nn(CCN2CCC(Cc3cc(F)ccc3Br)CC2)c(=O)n1Cc1ccccc1. The van der Waals surface area contributed by atoms with Crippen LogP contribution in [0.1, 0.15) is 29.8 Å². The minimum Gasteiger partial charge on any atom is -0.301 e. The topological polar surface area (TPSA) is 43.1 Å². The molecule has 1 aromatic heterocycles. The molecule has 0 spiro atoms. The molecule has 1 fully saturated rings. The van der Waals surface area contributed by atoms with Crippen molar-refractivity contribution in [3.63, 3.8) is 0 Å². The first-order valence-electron chi connectivity index (χ1n) is 10.8. The number of nitrogens with zero attached hydrogens (tertiary/aromatic N) is 4. The zero-order valence-corrected chi connectivity index (χ0v) is 19.4. The molecule has 1 saturated heterocycles. The van der Waals surface area contributed by atoms with Gasteiger partial charge in [-0.2, -0.15) is 5.10 Å². The first kappa shape index (κ1) is 22.0. The van der Waals surface area contributed by atoms with Crippen LogP contribution in [0, 0.1) is 18.7 Å². The Hall–Kier alpha value is -2.25. The van der Waals surface area contributed by atoms with Crippen LogP contribution in [0.15, 0.2) is 57.8 Å². The van der Waals surface area contributed by atoms with E-state index in [4.69, 9.17) is 0 Å². The summed E-state index contributed by atoms with van der Waals surface area (Å²) in [4.78, 5) is 15.2. The van der Waals surface area contributed by atoms with Crippen LogP contribution >= 0.6 is 15.9 Å². The number of halogens is 2. The van der Waals surface area contributed by atoms with Gasteiger partial charge in [0.2, 0.25) is 0 Å². The van der Waals surface area contributed by atoms with Gasteiger partial charge in [0.05, 0.1) is 13.1 Å². The fourth-order valence-corrected chi connectivity index (χ4v) is 4.71. The van der Waals surface area contributed by atoms with Gasteiger partial charge in [-0.15, -0.1) is 0 Å².